The monoisotopic (exact) mass is 156 g/mol. The second-order valence-corrected chi connectivity index (χ2v) is 3.89. The van der Waals surface area contributed by atoms with Gasteiger partial charge < -0.3 is 4.74 Å². The van der Waals surface area contributed by atoms with Crippen molar-refractivity contribution in [3.63, 3.8) is 0 Å². The topological polar surface area (TPSA) is 9.23 Å². The standard InChI is InChI=1S/C10H20O/c1-4-11-10-6-5-9(7-10)8(2)3/h8-10H,4-7H2,1-3H3/t9-,10+/m0/s1. The van der Waals surface area contributed by atoms with Crippen LogP contribution in [0.4, 0.5) is 0 Å². The van der Waals surface area contributed by atoms with E-state index in [1.807, 2.05) is 0 Å². The van der Waals surface area contributed by atoms with Gasteiger partial charge in [0.2, 0.25) is 0 Å². The van der Waals surface area contributed by atoms with Gasteiger partial charge in [0.25, 0.3) is 0 Å². The number of hydrogen-bond acceptors (Lipinski definition) is 1. The number of hydrogen-bond donors (Lipinski definition) is 0. The zero-order valence-corrected chi connectivity index (χ0v) is 7.97. The van der Waals surface area contributed by atoms with E-state index < -0.39 is 0 Å². The molecule has 1 aliphatic rings. The van der Waals surface area contributed by atoms with Gasteiger partial charge in [0.1, 0.15) is 0 Å². The van der Waals surface area contributed by atoms with Crippen molar-refractivity contribution < 1.29 is 4.74 Å². The maximum atomic E-state index is 5.58. The highest BCUT2D eigenvalue weighted by atomic mass is 16.5. The molecule has 0 unspecified atom stereocenters. The van der Waals surface area contributed by atoms with Gasteiger partial charge in [-0.25, -0.2) is 0 Å². The van der Waals surface area contributed by atoms with Crippen LogP contribution in [0.15, 0.2) is 0 Å². The van der Waals surface area contributed by atoms with Gasteiger partial charge in [0.15, 0.2) is 0 Å². The Morgan fingerprint density at radius 1 is 1.36 bits per heavy atom. The fourth-order valence-electron chi connectivity index (χ4n) is 1.97. The molecule has 0 aromatic rings. The molecule has 0 amide bonds. The SMILES string of the molecule is CCO[C@@H]1CC[C@H](C(C)C)C1. The molecule has 0 aromatic carbocycles. The molecule has 11 heavy (non-hydrogen) atoms. The average molecular weight is 156 g/mol. The molecule has 0 N–H and O–H groups in total. The van der Waals surface area contributed by atoms with Gasteiger partial charge in [0, 0.05) is 6.61 Å². The highest BCUT2D eigenvalue weighted by Gasteiger charge is 2.26. The minimum Gasteiger partial charge on any atom is -0.378 e. The molecule has 1 heteroatoms. The molecular weight excluding hydrogens is 136 g/mol. The average Bonchev–Trinajstić information content (AvgIpc) is 2.37. The van der Waals surface area contributed by atoms with E-state index in [0.717, 1.165) is 18.4 Å². The number of ether oxygens (including phenoxy) is 1. The zero-order valence-electron chi connectivity index (χ0n) is 7.97. The predicted octanol–water partition coefficient (Wildman–Crippen LogP) is 2.85. The second kappa shape index (κ2) is 4.10. The zero-order chi connectivity index (χ0) is 8.27. The van der Waals surface area contributed by atoms with E-state index in [9.17, 15) is 0 Å². The van der Waals surface area contributed by atoms with E-state index in [-0.39, 0.29) is 0 Å². The van der Waals surface area contributed by atoms with E-state index in [1.54, 1.807) is 0 Å². The lowest BCUT2D eigenvalue weighted by atomic mass is 9.95. The summed E-state index contributed by atoms with van der Waals surface area (Å²) in [5.41, 5.74) is 0. The minimum absolute atomic E-state index is 0.576. The highest BCUT2D eigenvalue weighted by Crippen LogP contribution is 2.32. The molecule has 66 valence electrons. The fourth-order valence-corrected chi connectivity index (χ4v) is 1.97. The van der Waals surface area contributed by atoms with Crippen molar-refractivity contribution in [1.82, 2.24) is 0 Å². The first kappa shape index (κ1) is 9.05. The summed E-state index contributed by atoms with van der Waals surface area (Å²) < 4.78 is 5.58. The van der Waals surface area contributed by atoms with Crippen LogP contribution in [0.25, 0.3) is 0 Å². The van der Waals surface area contributed by atoms with Crippen molar-refractivity contribution in [2.45, 2.75) is 46.1 Å². The third kappa shape index (κ3) is 2.48. The first-order valence-electron chi connectivity index (χ1n) is 4.85. The molecule has 0 radical (unpaired) electrons. The molecule has 1 saturated carbocycles. The highest BCUT2D eigenvalue weighted by molar-refractivity contribution is 4.77. The quantitative estimate of drug-likeness (QED) is 0.610. The Balaban J connectivity index is 2.23. The lowest BCUT2D eigenvalue weighted by molar-refractivity contribution is 0.0637. The van der Waals surface area contributed by atoms with Crippen LogP contribution in [0.1, 0.15) is 40.0 Å². The second-order valence-electron chi connectivity index (χ2n) is 3.89. The largest absolute Gasteiger partial charge is 0.378 e. The van der Waals surface area contributed by atoms with Crippen molar-refractivity contribution in [2.24, 2.45) is 11.8 Å². The van der Waals surface area contributed by atoms with Gasteiger partial charge in [-0.05, 0) is 38.0 Å². The van der Waals surface area contributed by atoms with Crippen molar-refractivity contribution >= 4 is 0 Å². The Hall–Kier alpha value is -0.0400. The molecule has 1 aliphatic carbocycles. The van der Waals surface area contributed by atoms with Crippen LogP contribution < -0.4 is 0 Å². The molecule has 2 atom stereocenters. The third-order valence-electron chi connectivity index (χ3n) is 2.77. The smallest absolute Gasteiger partial charge is 0.0577 e. The van der Waals surface area contributed by atoms with E-state index in [2.05, 4.69) is 20.8 Å². The maximum Gasteiger partial charge on any atom is 0.0577 e. The van der Waals surface area contributed by atoms with Crippen LogP contribution in [0.3, 0.4) is 0 Å². The lowest BCUT2D eigenvalue weighted by Crippen LogP contribution is -2.10. The molecule has 1 rings (SSSR count). The molecule has 1 fully saturated rings. The normalized spacial score (nSPS) is 31.6. The predicted molar refractivity (Wildman–Crippen MR) is 47.6 cm³/mol. The van der Waals surface area contributed by atoms with Crippen LogP contribution in [0.5, 0.6) is 0 Å². The van der Waals surface area contributed by atoms with Crippen LogP contribution in [-0.4, -0.2) is 12.7 Å². The van der Waals surface area contributed by atoms with Crippen molar-refractivity contribution in [3.8, 4) is 0 Å². The molecule has 0 spiro atoms. The Labute approximate surface area is 70.1 Å². The summed E-state index contributed by atoms with van der Waals surface area (Å²) in [5.74, 6) is 1.77. The first-order valence-corrected chi connectivity index (χ1v) is 4.85. The van der Waals surface area contributed by atoms with Gasteiger partial charge in [-0.2, -0.15) is 0 Å². The van der Waals surface area contributed by atoms with Crippen LogP contribution in [0, 0.1) is 11.8 Å². The molecule has 1 nitrogen and oxygen atoms in total. The van der Waals surface area contributed by atoms with Gasteiger partial charge >= 0.3 is 0 Å². The van der Waals surface area contributed by atoms with Crippen molar-refractivity contribution in [3.05, 3.63) is 0 Å². The summed E-state index contributed by atoms with van der Waals surface area (Å²) in [6.07, 6.45) is 4.54. The maximum absolute atomic E-state index is 5.58. The van der Waals surface area contributed by atoms with Gasteiger partial charge in [-0.15, -0.1) is 0 Å². The van der Waals surface area contributed by atoms with Gasteiger partial charge in [-0.3, -0.25) is 0 Å². The van der Waals surface area contributed by atoms with Gasteiger partial charge in [0.05, 0.1) is 6.10 Å². The molecule has 0 aliphatic heterocycles. The summed E-state index contributed by atoms with van der Waals surface area (Å²) in [5, 5.41) is 0. The van der Waals surface area contributed by atoms with E-state index >= 15 is 0 Å². The summed E-state index contributed by atoms with van der Waals surface area (Å²) in [4.78, 5) is 0. The Kier molecular flexibility index (Phi) is 3.38. The van der Waals surface area contributed by atoms with E-state index in [0.29, 0.717) is 6.10 Å². The summed E-state index contributed by atoms with van der Waals surface area (Å²) in [7, 11) is 0. The van der Waals surface area contributed by atoms with Crippen molar-refractivity contribution in [1.29, 1.82) is 0 Å². The third-order valence-corrected chi connectivity index (χ3v) is 2.77. The molecule has 0 bridgehead atoms. The summed E-state index contributed by atoms with van der Waals surface area (Å²) in [6.45, 7) is 7.61. The Morgan fingerprint density at radius 2 is 2.09 bits per heavy atom. The number of rotatable bonds is 3. The van der Waals surface area contributed by atoms with Crippen LogP contribution in [0.2, 0.25) is 0 Å². The summed E-state index contributed by atoms with van der Waals surface area (Å²) >= 11 is 0. The van der Waals surface area contributed by atoms with Crippen LogP contribution in [-0.2, 0) is 4.74 Å². The first-order chi connectivity index (χ1) is 5.24. The molecule has 0 saturated heterocycles. The molecule has 0 heterocycles. The van der Waals surface area contributed by atoms with E-state index in [4.69, 9.17) is 4.74 Å². The van der Waals surface area contributed by atoms with Crippen molar-refractivity contribution in [2.75, 3.05) is 6.61 Å². The Morgan fingerprint density at radius 3 is 2.55 bits per heavy atom. The summed E-state index contributed by atoms with van der Waals surface area (Å²) in [6, 6.07) is 0. The fraction of sp³-hybridized carbons (Fsp3) is 1.00. The van der Waals surface area contributed by atoms with Gasteiger partial charge in [-0.1, -0.05) is 13.8 Å². The minimum atomic E-state index is 0.576. The molecular formula is C10H20O. The Bertz CT molecular complexity index is 109. The van der Waals surface area contributed by atoms with Crippen LogP contribution >= 0.6 is 0 Å². The lowest BCUT2D eigenvalue weighted by Gasteiger charge is -2.14. The van der Waals surface area contributed by atoms with E-state index in [1.165, 1.54) is 19.3 Å². The molecule has 0 aromatic heterocycles.